The average Bonchev–Trinajstić information content (AvgIpc) is 1.94. The van der Waals surface area contributed by atoms with Crippen molar-refractivity contribution in [3.8, 4) is 0 Å². The van der Waals surface area contributed by atoms with Gasteiger partial charge >= 0.3 is 31.2 Å². The standard InChI is InChI=1S/C4H8F3NO2S.CHF3O3S/c1-3(2)8-11(9,10)4(5,6)7;2-1(3,4)8(5,6)7/h3,8H,1-2H3;(H,5,6,7). The number of hydrogen-bond donors (Lipinski definition) is 2. The van der Waals surface area contributed by atoms with E-state index in [0.717, 1.165) is 0 Å². The molecule has 0 saturated heterocycles. The summed E-state index contributed by atoms with van der Waals surface area (Å²) in [7, 11) is -11.0. The van der Waals surface area contributed by atoms with E-state index in [1.54, 1.807) is 0 Å². The van der Waals surface area contributed by atoms with Crippen molar-refractivity contribution in [3.05, 3.63) is 0 Å². The lowest BCUT2D eigenvalue weighted by Gasteiger charge is -2.11. The molecule has 0 fully saturated rings. The third kappa shape index (κ3) is 8.22. The number of halogens is 6. The topological polar surface area (TPSA) is 101 Å². The van der Waals surface area contributed by atoms with Crippen LogP contribution in [-0.2, 0) is 20.1 Å². The second kappa shape index (κ2) is 6.23. The van der Waals surface area contributed by atoms with Gasteiger partial charge in [0.05, 0.1) is 0 Å². The molecule has 0 aromatic heterocycles. The zero-order valence-electron chi connectivity index (χ0n) is 9.24. The van der Waals surface area contributed by atoms with Gasteiger partial charge in [-0.25, -0.2) is 13.1 Å². The molecule has 0 saturated carbocycles. The fraction of sp³-hybridized carbons (Fsp3) is 1.00. The lowest BCUT2D eigenvalue weighted by molar-refractivity contribution is -0.0510. The van der Waals surface area contributed by atoms with E-state index in [1.807, 2.05) is 0 Å². The van der Waals surface area contributed by atoms with Crippen molar-refractivity contribution in [2.24, 2.45) is 0 Å². The Balaban J connectivity index is 0. The van der Waals surface area contributed by atoms with Crippen LogP contribution in [0.1, 0.15) is 13.8 Å². The molecule has 0 aromatic rings. The third-order valence-electron chi connectivity index (χ3n) is 0.988. The second-order valence-corrected chi connectivity index (χ2v) is 6.26. The lowest BCUT2D eigenvalue weighted by atomic mass is 10.4. The summed E-state index contributed by atoms with van der Waals surface area (Å²) in [5.74, 6) is 0. The Labute approximate surface area is 104 Å². The van der Waals surface area contributed by atoms with E-state index in [1.165, 1.54) is 18.6 Å². The van der Waals surface area contributed by atoms with Crippen molar-refractivity contribution in [2.45, 2.75) is 30.9 Å². The minimum absolute atomic E-state index is 0.748. The van der Waals surface area contributed by atoms with Crippen molar-refractivity contribution < 1.29 is 47.7 Å². The third-order valence-corrected chi connectivity index (χ3v) is 2.96. The van der Waals surface area contributed by atoms with Crippen molar-refractivity contribution in [1.82, 2.24) is 4.72 Å². The first-order valence-electron chi connectivity index (χ1n) is 4.04. The van der Waals surface area contributed by atoms with E-state index in [0.29, 0.717) is 0 Å². The van der Waals surface area contributed by atoms with Gasteiger partial charge in [0.1, 0.15) is 0 Å². The molecule has 118 valence electrons. The minimum atomic E-state index is -5.84. The van der Waals surface area contributed by atoms with Crippen LogP contribution in [0.4, 0.5) is 26.3 Å². The van der Waals surface area contributed by atoms with Crippen LogP contribution in [0, 0.1) is 0 Å². The van der Waals surface area contributed by atoms with E-state index < -0.39 is 37.2 Å². The highest BCUT2D eigenvalue weighted by molar-refractivity contribution is 7.90. The fourth-order valence-electron chi connectivity index (χ4n) is 0.377. The van der Waals surface area contributed by atoms with Crippen LogP contribution in [0.5, 0.6) is 0 Å². The van der Waals surface area contributed by atoms with Crippen LogP contribution in [-0.4, -0.2) is 38.4 Å². The molecule has 0 spiro atoms. The molecule has 0 aromatic carbocycles. The predicted octanol–water partition coefficient (Wildman–Crippen LogP) is 1.23. The molecule has 0 aliphatic rings. The van der Waals surface area contributed by atoms with Gasteiger partial charge in [0.15, 0.2) is 0 Å². The van der Waals surface area contributed by atoms with Gasteiger partial charge in [0, 0.05) is 6.04 Å². The van der Waals surface area contributed by atoms with Gasteiger partial charge in [-0.3, -0.25) is 4.55 Å². The maximum absolute atomic E-state index is 11.5. The van der Waals surface area contributed by atoms with Crippen LogP contribution in [0.25, 0.3) is 0 Å². The second-order valence-electron chi connectivity index (χ2n) is 3.14. The molecule has 2 N–H and O–H groups in total. The Morgan fingerprint density at radius 3 is 1.21 bits per heavy atom. The number of sulfonamides is 1. The maximum atomic E-state index is 11.5. The SMILES string of the molecule is CC(C)NS(=O)(=O)C(F)(F)F.O=S(=O)(O)C(F)(F)F. The molecular weight excluding hydrogens is 332 g/mol. The van der Waals surface area contributed by atoms with Gasteiger partial charge in [0.25, 0.3) is 0 Å². The van der Waals surface area contributed by atoms with E-state index in [-0.39, 0.29) is 0 Å². The molecular formula is C5H9F6NO5S2. The Morgan fingerprint density at radius 2 is 1.16 bits per heavy atom. The Bertz CT molecular complexity index is 475. The molecule has 0 amide bonds. The van der Waals surface area contributed by atoms with E-state index >= 15 is 0 Å². The maximum Gasteiger partial charge on any atom is 0.522 e. The normalized spacial score (nSPS) is 14.0. The first-order chi connectivity index (χ1) is 7.92. The Kier molecular flexibility index (Phi) is 6.80. The summed E-state index contributed by atoms with van der Waals surface area (Å²) in [5, 5.41) is 0. The summed E-state index contributed by atoms with van der Waals surface area (Å²) in [4.78, 5) is 0. The molecule has 14 heteroatoms. The minimum Gasteiger partial charge on any atom is -0.279 e. The molecule has 0 radical (unpaired) electrons. The summed E-state index contributed by atoms with van der Waals surface area (Å²) >= 11 is 0. The Morgan fingerprint density at radius 1 is 0.895 bits per heavy atom. The largest absolute Gasteiger partial charge is 0.522 e. The predicted molar refractivity (Wildman–Crippen MR) is 50.9 cm³/mol. The first kappa shape index (κ1) is 20.7. The highest BCUT2D eigenvalue weighted by atomic mass is 32.2. The van der Waals surface area contributed by atoms with E-state index in [4.69, 9.17) is 13.0 Å². The number of alkyl halides is 6. The molecule has 0 bridgehead atoms. The molecule has 0 atom stereocenters. The highest BCUT2D eigenvalue weighted by Crippen LogP contribution is 2.21. The summed E-state index contributed by atoms with van der Waals surface area (Å²) in [6.07, 6.45) is 0. The van der Waals surface area contributed by atoms with Crippen molar-refractivity contribution in [2.75, 3.05) is 0 Å². The number of nitrogens with one attached hydrogen (secondary N) is 1. The van der Waals surface area contributed by atoms with Crippen LogP contribution >= 0.6 is 0 Å². The molecule has 6 nitrogen and oxygen atoms in total. The summed E-state index contributed by atoms with van der Waals surface area (Å²) in [6, 6.07) is -0.748. The van der Waals surface area contributed by atoms with Gasteiger partial charge in [-0.15, -0.1) is 0 Å². The molecule has 0 unspecified atom stereocenters. The summed E-state index contributed by atoms with van der Waals surface area (Å²) in [5.41, 5.74) is -10.7. The van der Waals surface area contributed by atoms with Gasteiger partial charge in [-0.1, -0.05) is 0 Å². The van der Waals surface area contributed by atoms with Crippen LogP contribution in [0.15, 0.2) is 0 Å². The van der Waals surface area contributed by atoms with Crippen LogP contribution in [0.2, 0.25) is 0 Å². The molecule has 0 rings (SSSR count). The smallest absolute Gasteiger partial charge is 0.279 e. The number of rotatable bonds is 2. The Hall–Kier alpha value is -0.600. The lowest BCUT2D eigenvalue weighted by Crippen LogP contribution is -2.40. The zero-order valence-corrected chi connectivity index (χ0v) is 10.9. The molecule has 19 heavy (non-hydrogen) atoms. The van der Waals surface area contributed by atoms with Crippen molar-refractivity contribution >= 4 is 20.1 Å². The zero-order chi connectivity index (χ0) is 16.3. The fourth-order valence-corrected chi connectivity index (χ4v) is 1.13. The molecule has 0 aliphatic heterocycles. The van der Waals surface area contributed by atoms with E-state index in [9.17, 15) is 34.8 Å². The highest BCUT2D eigenvalue weighted by Gasteiger charge is 2.46. The molecule has 0 aliphatic carbocycles. The van der Waals surface area contributed by atoms with Crippen molar-refractivity contribution in [3.63, 3.8) is 0 Å². The number of hydrogen-bond acceptors (Lipinski definition) is 4. The van der Waals surface area contributed by atoms with E-state index in [2.05, 4.69) is 0 Å². The van der Waals surface area contributed by atoms with Crippen LogP contribution < -0.4 is 4.72 Å². The van der Waals surface area contributed by atoms with Gasteiger partial charge in [-0.05, 0) is 13.8 Å². The average molecular weight is 341 g/mol. The molecule has 0 heterocycles. The quantitative estimate of drug-likeness (QED) is 0.447. The van der Waals surface area contributed by atoms with Gasteiger partial charge in [0.2, 0.25) is 0 Å². The summed E-state index contributed by atoms with van der Waals surface area (Å²) in [6.45, 7) is 2.62. The van der Waals surface area contributed by atoms with Gasteiger partial charge in [-0.2, -0.15) is 34.8 Å². The van der Waals surface area contributed by atoms with Gasteiger partial charge < -0.3 is 0 Å². The summed E-state index contributed by atoms with van der Waals surface area (Å²) < 4.78 is 114. The van der Waals surface area contributed by atoms with Crippen molar-refractivity contribution in [1.29, 1.82) is 0 Å². The monoisotopic (exact) mass is 341 g/mol. The van der Waals surface area contributed by atoms with Crippen LogP contribution in [0.3, 0.4) is 0 Å². The first-order valence-corrected chi connectivity index (χ1v) is 6.96.